The molecule has 0 aliphatic heterocycles. The predicted octanol–water partition coefficient (Wildman–Crippen LogP) is 2.98. The Morgan fingerprint density at radius 2 is 2.09 bits per heavy atom. The third-order valence-electron chi connectivity index (χ3n) is 3.31. The van der Waals surface area contributed by atoms with Crippen LogP contribution in [0.1, 0.15) is 31.1 Å². The molecular weight excluding hydrogens is 281 g/mol. The maximum atomic E-state index is 12.7. The average molecular weight is 303 g/mol. The molecule has 0 saturated heterocycles. The van der Waals surface area contributed by atoms with Gasteiger partial charge in [-0.3, -0.25) is 4.79 Å². The zero-order valence-electron chi connectivity index (χ0n) is 13.2. The number of carbonyl (C=O) groups excluding carboxylic acids is 1. The molecule has 2 rings (SSSR count). The summed E-state index contributed by atoms with van der Waals surface area (Å²) in [7, 11) is 0. The zero-order chi connectivity index (χ0) is 16.3. The number of nitrogens with two attached hydrogens (primary N) is 1. The van der Waals surface area contributed by atoms with Crippen LogP contribution in [-0.4, -0.2) is 22.6 Å². The molecule has 4 nitrogen and oxygen atoms in total. The van der Waals surface area contributed by atoms with E-state index >= 15 is 0 Å². The number of fused-ring (bicyclic) bond motifs is 1. The summed E-state index contributed by atoms with van der Waals surface area (Å²) in [6.45, 7) is 6.42. The minimum absolute atomic E-state index is 0.103. The standard InChI is InChI=1S/C17H22FN3O/c1-17(2,3)20-16(22)14-4-5-15-13(8-14)6-7-21(15)11-12(9-18)10-19/h4-9H,10-11,19H2,1-3H3,(H,20,22). The molecule has 22 heavy (non-hydrogen) atoms. The second kappa shape index (κ2) is 6.32. The van der Waals surface area contributed by atoms with Gasteiger partial charge in [0, 0.05) is 41.3 Å². The molecule has 1 amide bonds. The van der Waals surface area contributed by atoms with Crippen LogP contribution in [-0.2, 0) is 6.54 Å². The van der Waals surface area contributed by atoms with Gasteiger partial charge in [-0.05, 0) is 50.6 Å². The van der Waals surface area contributed by atoms with Gasteiger partial charge in [-0.25, -0.2) is 4.39 Å². The summed E-state index contributed by atoms with van der Waals surface area (Å²) in [5, 5.41) is 3.88. The van der Waals surface area contributed by atoms with Crippen molar-refractivity contribution in [3.8, 4) is 0 Å². The molecule has 5 heteroatoms. The second-order valence-corrected chi connectivity index (χ2v) is 6.39. The lowest BCUT2D eigenvalue weighted by Gasteiger charge is -2.20. The van der Waals surface area contributed by atoms with Crippen molar-refractivity contribution in [1.29, 1.82) is 0 Å². The topological polar surface area (TPSA) is 60.0 Å². The van der Waals surface area contributed by atoms with Gasteiger partial charge in [0.25, 0.3) is 5.91 Å². The quantitative estimate of drug-likeness (QED) is 0.912. The molecule has 1 heterocycles. The van der Waals surface area contributed by atoms with Crippen molar-refractivity contribution in [2.24, 2.45) is 5.73 Å². The first kappa shape index (κ1) is 16.2. The number of nitrogens with one attached hydrogen (secondary N) is 1. The third-order valence-corrected chi connectivity index (χ3v) is 3.31. The number of rotatable bonds is 4. The molecule has 118 valence electrons. The molecule has 1 aromatic carbocycles. The van der Waals surface area contributed by atoms with Crippen molar-refractivity contribution >= 4 is 16.8 Å². The summed E-state index contributed by atoms with van der Waals surface area (Å²) in [5.41, 5.74) is 7.29. The van der Waals surface area contributed by atoms with Gasteiger partial charge in [0.2, 0.25) is 0 Å². The van der Waals surface area contributed by atoms with Crippen molar-refractivity contribution in [1.82, 2.24) is 9.88 Å². The first-order valence-electron chi connectivity index (χ1n) is 7.23. The first-order chi connectivity index (χ1) is 10.3. The normalized spacial score (nSPS) is 12.7. The van der Waals surface area contributed by atoms with Gasteiger partial charge in [0.05, 0.1) is 6.33 Å². The highest BCUT2D eigenvalue weighted by atomic mass is 19.1. The highest BCUT2D eigenvalue weighted by Gasteiger charge is 2.16. The number of hydrogen-bond acceptors (Lipinski definition) is 2. The van der Waals surface area contributed by atoms with Gasteiger partial charge < -0.3 is 15.6 Å². The van der Waals surface area contributed by atoms with E-state index in [1.54, 1.807) is 6.07 Å². The molecule has 0 bridgehead atoms. The minimum Gasteiger partial charge on any atom is -0.347 e. The fourth-order valence-electron chi connectivity index (χ4n) is 2.25. The Morgan fingerprint density at radius 1 is 1.36 bits per heavy atom. The van der Waals surface area contributed by atoms with E-state index in [-0.39, 0.29) is 18.0 Å². The van der Waals surface area contributed by atoms with E-state index in [0.717, 1.165) is 10.9 Å². The van der Waals surface area contributed by atoms with Crippen LogP contribution in [0, 0.1) is 0 Å². The predicted molar refractivity (Wildman–Crippen MR) is 87.4 cm³/mol. The van der Waals surface area contributed by atoms with Crippen LogP contribution in [0.2, 0.25) is 0 Å². The largest absolute Gasteiger partial charge is 0.347 e. The highest BCUT2D eigenvalue weighted by molar-refractivity contribution is 5.98. The monoisotopic (exact) mass is 303 g/mol. The van der Waals surface area contributed by atoms with E-state index in [1.807, 2.05) is 49.7 Å². The van der Waals surface area contributed by atoms with Crippen LogP contribution in [0.15, 0.2) is 42.4 Å². The number of hydrogen-bond donors (Lipinski definition) is 2. The molecule has 2 aromatic rings. The van der Waals surface area contributed by atoms with Gasteiger partial charge >= 0.3 is 0 Å². The number of nitrogens with zero attached hydrogens (tertiary/aromatic N) is 1. The fourth-order valence-corrected chi connectivity index (χ4v) is 2.25. The molecule has 0 unspecified atom stereocenters. The van der Waals surface area contributed by atoms with Gasteiger partial charge in [-0.2, -0.15) is 0 Å². The summed E-state index contributed by atoms with van der Waals surface area (Å²) in [4.78, 5) is 12.2. The molecule has 0 aliphatic carbocycles. The SMILES string of the molecule is CC(C)(C)NC(=O)c1ccc2c(ccn2CC(=CF)CN)c1. The Labute approximate surface area is 129 Å². The number of aromatic nitrogens is 1. The van der Waals surface area contributed by atoms with Crippen LogP contribution in [0.3, 0.4) is 0 Å². The molecule has 0 atom stereocenters. The lowest BCUT2D eigenvalue weighted by molar-refractivity contribution is 0.0919. The molecule has 0 saturated carbocycles. The Balaban J connectivity index is 2.28. The van der Waals surface area contributed by atoms with Crippen molar-refractivity contribution in [2.75, 3.05) is 6.54 Å². The van der Waals surface area contributed by atoms with E-state index in [0.29, 0.717) is 24.0 Å². The highest BCUT2D eigenvalue weighted by Crippen LogP contribution is 2.19. The number of carbonyl (C=O) groups is 1. The zero-order valence-corrected chi connectivity index (χ0v) is 13.2. The van der Waals surface area contributed by atoms with Crippen LogP contribution in [0.5, 0.6) is 0 Å². The van der Waals surface area contributed by atoms with Crippen LogP contribution >= 0.6 is 0 Å². The fraction of sp³-hybridized carbons (Fsp3) is 0.353. The molecule has 0 fully saturated rings. The second-order valence-electron chi connectivity index (χ2n) is 6.39. The summed E-state index contributed by atoms with van der Waals surface area (Å²) in [6, 6.07) is 7.41. The van der Waals surface area contributed by atoms with E-state index in [2.05, 4.69) is 5.32 Å². The summed E-state index contributed by atoms with van der Waals surface area (Å²) < 4.78 is 14.6. The van der Waals surface area contributed by atoms with Gasteiger partial charge in [0.1, 0.15) is 0 Å². The van der Waals surface area contributed by atoms with Gasteiger partial charge in [0.15, 0.2) is 0 Å². The summed E-state index contributed by atoms with van der Waals surface area (Å²) >= 11 is 0. The minimum atomic E-state index is -0.278. The Hall–Kier alpha value is -2.14. The third kappa shape index (κ3) is 3.74. The molecule has 0 spiro atoms. The molecular formula is C17H22FN3O. The van der Waals surface area contributed by atoms with Crippen molar-refractivity contribution < 1.29 is 9.18 Å². The lowest BCUT2D eigenvalue weighted by Crippen LogP contribution is -2.40. The molecule has 0 aliphatic rings. The van der Waals surface area contributed by atoms with Crippen molar-refractivity contribution in [3.05, 3.63) is 47.9 Å². The Bertz CT molecular complexity index is 710. The molecule has 0 radical (unpaired) electrons. The Morgan fingerprint density at radius 3 is 2.68 bits per heavy atom. The van der Waals surface area contributed by atoms with Crippen LogP contribution in [0.4, 0.5) is 4.39 Å². The number of amides is 1. The van der Waals surface area contributed by atoms with E-state index in [1.165, 1.54) is 0 Å². The maximum Gasteiger partial charge on any atom is 0.251 e. The average Bonchev–Trinajstić information content (AvgIpc) is 2.85. The van der Waals surface area contributed by atoms with Crippen molar-refractivity contribution in [2.45, 2.75) is 32.9 Å². The Kier molecular flexibility index (Phi) is 4.66. The summed E-state index contributed by atoms with van der Waals surface area (Å²) in [6.07, 6.45) is 2.42. The smallest absolute Gasteiger partial charge is 0.251 e. The lowest BCUT2D eigenvalue weighted by atomic mass is 10.1. The summed E-state index contributed by atoms with van der Waals surface area (Å²) in [5.74, 6) is -0.103. The van der Waals surface area contributed by atoms with Crippen LogP contribution < -0.4 is 11.1 Å². The van der Waals surface area contributed by atoms with Gasteiger partial charge in [-0.1, -0.05) is 0 Å². The maximum absolute atomic E-state index is 12.7. The number of benzene rings is 1. The molecule has 3 N–H and O–H groups in total. The van der Waals surface area contributed by atoms with E-state index in [9.17, 15) is 9.18 Å². The van der Waals surface area contributed by atoms with Crippen molar-refractivity contribution in [3.63, 3.8) is 0 Å². The van der Waals surface area contributed by atoms with Gasteiger partial charge in [-0.15, -0.1) is 0 Å². The number of halogens is 1. The first-order valence-corrected chi connectivity index (χ1v) is 7.23. The van der Waals surface area contributed by atoms with Crippen LogP contribution in [0.25, 0.3) is 10.9 Å². The van der Waals surface area contributed by atoms with E-state index < -0.39 is 0 Å². The molecule has 1 aromatic heterocycles. The van der Waals surface area contributed by atoms with E-state index in [4.69, 9.17) is 5.73 Å².